The first-order valence-electron chi connectivity index (χ1n) is 3.77. The van der Waals surface area contributed by atoms with Crippen LogP contribution in [0.4, 0.5) is 13.2 Å². The molecule has 0 spiro atoms. The smallest absolute Gasteiger partial charge is 0.382 e. The van der Waals surface area contributed by atoms with Crippen molar-refractivity contribution in [3.63, 3.8) is 0 Å². The topological polar surface area (TPSA) is 26.0 Å². The number of alkyl halides is 2. The Bertz CT molecular complexity index is 301. The summed E-state index contributed by atoms with van der Waals surface area (Å²) in [6.07, 6.45) is -4.01. The van der Waals surface area contributed by atoms with Crippen LogP contribution in [0.5, 0.6) is 0 Å². The summed E-state index contributed by atoms with van der Waals surface area (Å²) in [4.78, 5) is 2.99. The summed E-state index contributed by atoms with van der Waals surface area (Å²) in [5.41, 5.74) is -1.27. The van der Waals surface area contributed by atoms with Crippen molar-refractivity contribution in [2.24, 2.45) is 0 Å². The predicted octanol–water partition coefficient (Wildman–Crippen LogP) is 3.05. The molecule has 0 amide bonds. The Hall–Kier alpha value is -1.00. The van der Waals surface area contributed by atoms with Gasteiger partial charge in [0, 0.05) is 5.41 Å². The highest BCUT2D eigenvalue weighted by Crippen LogP contribution is 2.31. The van der Waals surface area contributed by atoms with Gasteiger partial charge in [0.05, 0.1) is 0 Å². The zero-order valence-electron chi connectivity index (χ0n) is 7.57. The van der Waals surface area contributed by atoms with Crippen LogP contribution in [0.1, 0.15) is 38.7 Å². The highest BCUT2D eigenvalue weighted by Gasteiger charge is 2.29. The van der Waals surface area contributed by atoms with Crippen molar-refractivity contribution in [3.05, 3.63) is 17.6 Å². The molecule has 0 N–H and O–H groups in total. The summed E-state index contributed by atoms with van der Waals surface area (Å²) in [6.45, 7) is 4.95. The SMILES string of the molecule is CC(C)(C)c1oc(F)nc1C(F)F. The molecule has 2 nitrogen and oxygen atoms in total. The van der Waals surface area contributed by atoms with Crippen molar-refractivity contribution in [3.8, 4) is 0 Å². The predicted molar refractivity (Wildman–Crippen MR) is 40.1 cm³/mol. The molecule has 1 heterocycles. The van der Waals surface area contributed by atoms with E-state index in [1.165, 1.54) is 0 Å². The summed E-state index contributed by atoms with van der Waals surface area (Å²) in [7, 11) is 0. The second-order valence-corrected chi connectivity index (χ2v) is 3.73. The van der Waals surface area contributed by atoms with Crippen molar-refractivity contribution in [1.82, 2.24) is 4.98 Å². The van der Waals surface area contributed by atoms with Crippen LogP contribution >= 0.6 is 0 Å². The summed E-state index contributed by atoms with van der Waals surface area (Å²) in [5.74, 6) is -0.0972. The second kappa shape index (κ2) is 3.05. The monoisotopic (exact) mass is 193 g/mol. The van der Waals surface area contributed by atoms with E-state index in [1.54, 1.807) is 20.8 Å². The number of hydrogen-bond acceptors (Lipinski definition) is 2. The van der Waals surface area contributed by atoms with Gasteiger partial charge < -0.3 is 4.42 Å². The standard InChI is InChI=1S/C8H10F3NO/c1-8(2,3)5-4(6(9)10)12-7(11)13-5/h6H,1-3H3. The Kier molecular flexibility index (Phi) is 2.36. The molecule has 1 aromatic rings. The average molecular weight is 193 g/mol. The van der Waals surface area contributed by atoms with E-state index < -0.39 is 23.7 Å². The molecule has 0 unspecified atom stereocenters. The minimum absolute atomic E-state index is 0.0972. The molecule has 0 bridgehead atoms. The molecule has 0 saturated heterocycles. The lowest BCUT2D eigenvalue weighted by Crippen LogP contribution is -2.12. The number of halogens is 3. The molecule has 1 rings (SSSR count). The average Bonchev–Trinajstić information content (AvgIpc) is 2.29. The minimum atomic E-state index is -2.80. The van der Waals surface area contributed by atoms with Gasteiger partial charge in [-0.1, -0.05) is 20.8 Å². The molecule has 5 heteroatoms. The summed E-state index contributed by atoms with van der Waals surface area (Å²) >= 11 is 0. The maximum Gasteiger partial charge on any atom is 0.382 e. The van der Waals surface area contributed by atoms with Gasteiger partial charge in [-0.3, -0.25) is 0 Å². The molecule has 0 aliphatic heterocycles. The van der Waals surface area contributed by atoms with Crippen LogP contribution in [0, 0.1) is 6.14 Å². The lowest BCUT2D eigenvalue weighted by Gasteiger charge is -2.15. The van der Waals surface area contributed by atoms with Crippen molar-refractivity contribution in [2.45, 2.75) is 32.6 Å². The number of rotatable bonds is 1. The summed E-state index contributed by atoms with van der Waals surface area (Å²) in [6, 6.07) is 0. The maximum atomic E-state index is 12.5. The van der Waals surface area contributed by atoms with Crippen molar-refractivity contribution >= 4 is 0 Å². The Labute approximate surface area is 73.8 Å². The molecule has 0 aromatic carbocycles. The van der Waals surface area contributed by atoms with E-state index in [9.17, 15) is 13.2 Å². The molecule has 74 valence electrons. The number of aromatic nitrogens is 1. The van der Waals surface area contributed by atoms with E-state index in [0.29, 0.717) is 0 Å². The van der Waals surface area contributed by atoms with Gasteiger partial charge >= 0.3 is 6.14 Å². The van der Waals surface area contributed by atoms with Crippen LogP contribution < -0.4 is 0 Å². The molecule has 0 aliphatic carbocycles. The highest BCUT2D eigenvalue weighted by atomic mass is 19.3. The van der Waals surface area contributed by atoms with Gasteiger partial charge in [-0.25, -0.2) is 8.78 Å². The van der Waals surface area contributed by atoms with Crippen LogP contribution in [0.2, 0.25) is 0 Å². The third-order valence-electron chi connectivity index (χ3n) is 1.52. The Morgan fingerprint density at radius 2 is 1.85 bits per heavy atom. The number of nitrogens with zero attached hydrogens (tertiary/aromatic N) is 1. The van der Waals surface area contributed by atoms with Crippen LogP contribution in [0.25, 0.3) is 0 Å². The fraction of sp³-hybridized carbons (Fsp3) is 0.625. The molecule has 0 aliphatic rings. The minimum Gasteiger partial charge on any atom is -0.419 e. The van der Waals surface area contributed by atoms with E-state index in [0.717, 1.165) is 0 Å². The first kappa shape index (κ1) is 10.1. The van der Waals surface area contributed by atoms with Gasteiger partial charge in [-0.05, 0) is 0 Å². The van der Waals surface area contributed by atoms with Crippen LogP contribution in [-0.4, -0.2) is 4.98 Å². The molecule has 0 atom stereocenters. The molecular formula is C8H10F3NO. The van der Waals surface area contributed by atoms with E-state index in [1.807, 2.05) is 0 Å². The first-order chi connectivity index (χ1) is 5.82. The quantitative estimate of drug-likeness (QED) is 0.685. The Morgan fingerprint density at radius 3 is 2.15 bits per heavy atom. The van der Waals surface area contributed by atoms with Crippen molar-refractivity contribution in [1.29, 1.82) is 0 Å². The largest absolute Gasteiger partial charge is 0.419 e. The van der Waals surface area contributed by atoms with Crippen LogP contribution in [0.3, 0.4) is 0 Å². The number of oxazole rings is 1. The van der Waals surface area contributed by atoms with E-state index in [2.05, 4.69) is 9.40 Å². The van der Waals surface area contributed by atoms with Crippen molar-refractivity contribution < 1.29 is 17.6 Å². The van der Waals surface area contributed by atoms with E-state index in [4.69, 9.17) is 0 Å². The Morgan fingerprint density at radius 1 is 1.31 bits per heavy atom. The lowest BCUT2D eigenvalue weighted by atomic mass is 9.92. The number of hydrogen-bond donors (Lipinski definition) is 0. The second-order valence-electron chi connectivity index (χ2n) is 3.73. The van der Waals surface area contributed by atoms with Crippen LogP contribution in [0.15, 0.2) is 4.42 Å². The first-order valence-corrected chi connectivity index (χ1v) is 3.77. The van der Waals surface area contributed by atoms with Gasteiger partial charge in [-0.15, -0.1) is 4.39 Å². The van der Waals surface area contributed by atoms with Gasteiger partial charge in [0.1, 0.15) is 5.76 Å². The van der Waals surface area contributed by atoms with Gasteiger partial charge in [0.25, 0.3) is 6.43 Å². The summed E-state index contributed by atoms with van der Waals surface area (Å²) < 4.78 is 41.5. The summed E-state index contributed by atoms with van der Waals surface area (Å²) in [5, 5.41) is 0. The molecule has 0 fully saturated rings. The van der Waals surface area contributed by atoms with Gasteiger partial charge in [0.2, 0.25) is 0 Å². The molecular weight excluding hydrogens is 183 g/mol. The lowest BCUT2D eigenvalue weighted by molar-refractivity contribution is 0.142. The Balaban J connectivity index is 3.20. The zero-order valence-corrected chi connectivity index (χ0v) is 7.57. The van der Waals surface area contributed by atoms with Gasteiger partial charge in [0.15, 0.2) is 5.69 Å². The highest BCUT2D eigenvalue weighted by molar-refractivity contribution is 5.17. The fourth-order valence-electron chi connectivity index (χ4n) is 0.990. The zero-order chi connectivity index (χ0) is 10.2. The van der Waals surface area contributed by atoms with Gasteiger partial charge in [-0.2, -0.15) is 4.98 Å². The van der Waals surface area contributed by atoms with Crippen LogP contribution in [-0.2, 0) is 5.41 Å². The third kappa shape index (κ3) is 2.02. The molecule has 0 radical (unpaired) electrons. The fourth-order valence-corrected chi connectivity index (χ4v) is 0.990. The maximum absolute atomic E-state index is 12.5. The normalized spacial score (nSPS) is 12.5. The van der Waals surface area contributed by atoms with E-state index >= 15 is 0 Å². The molecule has 1 aromatic heterocycles. The van der Waals surface area contributed by atoms with E-state index in [-0.39, 0.29) is 5.76 Å². The van der Waals surface area contributed by atoms with Crippen molar-refractivity contribution in [2.75, 3.05) is 0 Å². The molecule has 0 saturated carbocycles. The molecule has 13 heavy (non-hydrogen) atoms. The third-order valence-corrected chi connectivity index (χ3v) is 1.52.